The molecule has 0 saturated carbocycles. The molecule has 4 nitrogen and oxygen atoms in total. The molecule has 4 rings (SSSR count). The van der Waals surface area contributed by atoms with Gasteiger partial charge in [0.15, 0.2) is 9.84 Å². The van der Waals surface area contributed by atoms with Gasteiger partial charge in [-0.25, -0.2) is 12.8 Å². The number of benzene rings is 2. The lowest BCUT2D eigenvalue weighted by Gasteiger charge is -2.32. The Morgan fingerprint density at radius 2 is 1.86 bits per heavy atom. The first kappa shape index (κ1) is 20.0. The monoisotopic (exact) mass is 412 g/mol. The van der Waals surface area contributed by atoms with Gasteiger partial charge in [-0.05, 0) is 77.7 Å². The lowest BCUT2D eigenvalue weighted by atomic mass is 9.96. The fourth-order valence-electron chi connectivity index (χ4n) is 4.23. The average Bonchev–Trinajstić information content (AvgIpc) is 2.92. The standard InChI is InChI=1S/C23H25FN2O2S/c1-15-20(12-16-4-7-18(8-5-16)29(3,27)28)19-9-6-17(24)13-21(19)23(15)22-14-26(2)11-10-25-22/h4-9,12-13,22,25H,10-11,14H2,1-3H3. The number of likely N-dealkylation sites (N-methyl/N-ethyl adjacent to an activating group) is 1. The Bertz CT molecular complexity index is 1120. The Hall–Kier alpha value is -2.28. The van der Waals surface area contributed by atoms with E-state index in [4.69, 9.17) is 0 Å². The Balaban J connectivity index is 1.80. The summed E-state index contributed by atoms with van der Waals surface area (Å²) in [6.45, 7) is 4.85. The number of sulfone groups is 1. The van der Waals surface area contributed by atoms with Crippen molar-refractivity contribution in [3.63, 3.8) is 0 Å². The molecule has 1 unspecified atom stereocenters. The Labute approximate surface area is 171 Å². The smallest absolute Gasteiger partial charge is 0.175 e. The van der Waals surface area contributed by atoms with Gasteiger partial charge in [0.2, 0.25) is 0 Å². The quantitative estimate of drug-likeness (QED) is 0.839. The molecular weight excluding hydrogens is 387 g/mol. The van der Waals surface area contributed by atoms with Crippen molar-refractivity contribution in [1.82, 2.24) is 10.2 Å². The highest BCUT2D eigenvalue weighted by atomic mass is 32.2. The van der Waals surface area contributed by atoms with Crippen molar-refractivity contribution in [2.45, 2.75) is 17.9 Å². The summed E-state index contributed by atoms with van der Waals surface area (Å²) < 4.78 is 37.5. The van der Waals surface area contributed by atoms with Gasteiger partial charge >= 0.3 is 0 Å². The summed E-state index contributed by atoms with van der Waals surface area (Å²) in [5, 5.41) is 3.57. The summed E-state index contributed by atoms with van der Waals surface area (Å²) in [4.78, 5) is 2.59. The zero-order chi connectivity index (χ0) is 20.8. The highest BCUT2D eigenvalue weighted by molar-refractivity contribution is 7.90. The first-order valence-electron chi connectivity index (χ1n) is 9.69. The van der Waals surface area contributed by atoms with Gasteiger partial charge in [-0.15, -0.1) is 0 Å². The zero-order valence-corrected chi connectivity index (χ0v) is 17.7. The minimum atomic E-state index is -3.22. The Morgan fingerprint density at radius 3 is 2.52 bits per heavy atom. The molecule has 1 N–H and O–H groups in total. The minimum Gasteiger partial charge on any atom is -0.308 e. The van der Waals surface area contributed by atoms with Crippen molar-refractivity contribution in [2.24, 2.45) is 0 Å². The van der Waals surface area contributed by atoms with Gasteiger partial charge in [0.1, 0.15) is 5.82 Å². The van der Waals surface area contributed by atoms with Crippen molar-refractivity contribution in [3.8, 4) is 0 Å². The van der Waals surface area contributed by atoms with Crippen LogP contribution in [-0.2, 0) is 9.84 Å². The molecule has 1 saturated heterocycles. The first-order chi connectivity index (χ1) is 13.7. The van der Waals surface area contributed by atoms with Crippen LogP contribution in [-0.4, -0.2) is 52.3 Å². The van der Waals surface area contributed by atoms with E-state index in [1.165, 1.54) is 12.3 Å². The van der Waals surface area contributed by atoms with Crippen molar-refractivity contribution < 1.29 is 12.8 Å². The molecule has 2 aromatic rings. The molecule has 0 bridgehead atoms. The normalized spacial score (nSPS) is 21.7. The van der Waals surface area contributed by atoms with Crippen molar-refractivity contribution in [1.29, 1.82) is 0 Å². The molecule has 2 aromatic carbocycles. The third kappa shape index (κ3) is 3.92. The molecule has 0 amide bonds. The van der Waals surface area contributed by atoms with E-state index in [2.05, 4.69) is 30.3 Å². The molecule has 152 valence electrons. The first-order valence-corrected chi connectivity index (χ1v) is 11.6. The van der Waals surface area contributed by atoms with Gasteiger partial charge in [-0.3, -0.25) is 0 Å². The zero-order valence-electron chi connectivity index (χ0n) is 16.9. The predicted octanol–water partition coefficient (Wildman–Crippen LogP) is 3.46. The SMILES string of the molecule is CC1=C(C2CN(C)CCN2)c2cc(F)ccc2C1=Cc1ccc(S(C)(=O)=O)cc1. The van der Waals surface area contributed by atoms with Crippen LogP contribution in [0.25, 0.3) is 17.2 Å². The van der Waals surface area contributed by atoms with Crippen LogP contribution >= 0.6 is 0 Å². The molecule has 0 aromatic heterocycles. The van der Waals surface area contributed by atoms with Crippen molar-refractivity contribution in [3.05, 3.63) is 70.5 Å². The van der Waals surface area contributed by atoms with Gasteiger partial charge in [-0.1, -0.05) is 18.2 Å². The molecule has 0 spiro atoms. The number of rotatable bonds is 3. The maximum absolute atomic E-state index is 14.1. The number of hydrogen-bond acceptors (Lipinski definition) is 4. The number of nitrogens with one attached hydrogen (secondary N) is 1. The molecule has 1 aliphatic heterocycles. The van der Waals surface area contributed by atoms with E-state index < -0.39 is 9.84 Å². The van der Waals surface area contributed by atoms with E-state index >= 15 is 0 Å². The molecule has 1 fully saturated rings. The van der Waals surface area contributed by atoms with Crippen LogP contribution in [0.5, 0.6) is 0 Å². The Morgan fingerprint density at radius 1 is 1.14 bits per heavy atom. The van der Waals surface area contributed by atoms with Crippen molar-refractivity contribution >= 4 is 27.1 Å². The van der Waals surface area contributed by atoms with Crippen LogP contribution in [0.15, 0.2) is 52.9 Å². The second kappa shape index (κ2) is 7.52. The van der Waals surface area contributed by atoms with Crippen LogP contribution in [0.3, 0.4) is 0 Å². The number of fused-ring (bicyclic) bond motifs is 1. The second-order valence-electron chi connectivity index (χ2n) is 7.90. The van der Waals surface area contributed by atoms with Gasteiger partial charge in [-0.2, -0.15) is 0 Å². The lowest BCUT2D eigenvalue weighted by molar-refractivity contribution is 0.265. The fraction of sp³-hybridized carbons (Fsp3) is 0.304. The summed E-state index contributed by atoms with van der Waals surface area (Å²) in [5.41, 5.74) is 6.19. The van der Waals surface area contributed by atoms with Crippen LogP contribution in [0.2, 0.25) is 0 Å². The van der Waals surface area contributed by atoms with Gasteiger partial charge < -0.3 is 10.2 Å². The summed E-state index contributed by atoms with van der Waals surface area (Å²) in [5.74, 6) is -0.239. The van der Waals surface area contributed by atoms with Gasteiger partial charge in [0.25, 0.3) is 0 Å². The topological polar surface area (TPSA) is 49.4 Å². The number of nitrogens with zero attached hydrogens (tertiary/aromatic N) is 1. The highest BCUT2D eigenvalue weighted by Crippen LogP contribution is 2.44. The largest absolute Gasteiger partial charge is 0.308 e. The highest BCUT2D eigenvalue weighted by Gasteiger charge is 2.31. The molecule has 6 heteroatoms. The van der Waals surface area contributed by atoms with E-state index in [0.717, 1.165) is 53.0 Å². The molecular formula is C23H25FN2O2S. The third-order valence-electron chi connectivity index (χ3n) is 5.72. The summed E-state index contributed by atoms with van der Waals surface area (Å²) in [7, 11) is -1.12. The maximum atomic E-state index is 14.1. The van der Waals surface area contributed by atoms with Crippen LogP contribution < -0.4 is 5.32 Å². The fourth-order valence-corrected chi connectivity index (χ4v) is 4.86. The number of halogens is 1. The van der Waals surface area contributed by atoms with Crippen molar-refractivity contribution in [2.75, 3.05) is 32.9 Å². The van der Waals surface area contributed by atoms with E-state index in [9.17, 15) is 12.8 Å². The molecule has 1 atom stereocenters. The summed E-state index contributed by atoms with van der Waals surface area (Å²) in [6.07, 6.45) is 3.26. The molecule has 1 aliphatic carbocycles. The summed E-state index contributed by atoms with van der Waals surface area (Å²) >= 11 is 0. The average molecular weight is 413 g/mol. The van der Waals surface area contributed by atoms with Crippen LogP contribution in [0.1, 0.15) is 23.6 Å². The van der Waals surface area contributed by atoms with E-state index in [-0.39, 0.29) is 11.9 Å². The maximum Gasteiger partial charge on any atom is 0.175 e. The van der Waals surface area contributed by atoms with E-state index in [0.29, 0.717) is 4.90 Å². The third-order valence-corrected chi connectivity index (χ3v) is 6.84. The molecule has 29 heavy (non-hydrogen) atoms. The molecule has 2 aliphatic rings. The summed E-state index contributed by atoms with van der Waals surface area (Å²) in [6, 6.07) is 12.0. The van der Waals surface area contributed by atoms with Gasteiger partial charge in [0, 0.05) is 31.9 Å². The number of allylic oxidation sites excluding steroid dienone is 2. The van der Waals surface area contributed by atoms with Crippen LogP contribution in [0.4, 0.5) is 4.39 Å². The Kier molecular flexibility index (Phi) is 5.19. The molecule has 1 heterocycles. The molecule has 0 radical (unpaired) electrons. The number of piperazine rings is 1. The minimum absolute atomic E-state index is 0.146. The second-order valence-corrected chi connectivity index (χ2v) is 9.91. The van der Waals surface area contributed by atoms with Gasteiger partial charge in [0.05, 0.1) is 4.90 Å². The van der Waals surface area contributed by atoms with E-state index in [1.54, 1.807) is 18.2 Å². The van der Waals surface area contributed by atoms with Crippen LogP contribution in [0, 0.1) is 5.82 Å². The lowest BCUT2D eigenvalue weighted by Crippen LogP contribution is -2.49. The number of hydrogen-bond donors (Lipinski definition) is 1. The van der Waals surface area contributed by atoms with E-state index in [1.807, 2.05) is 18.2 Å². The predicted molar refractivity (Wildman–Crippen MR) is 116 cm³/mol.